The summed E-state index contributed by atoms with van der Waals surface area (Å²) in [5, 5.41) is 2.97. The van der Waals surface area contributed by atoms with Gasteiger partial charge in [0, 0.05) is 19.0 Å². The second-order valence-corrected chi connectivity index (χ2v) is 6.19. The van der Waals surface area contributed by atoms with Crippen molar-refractivity contribution in [1.82, 2.24) is 10.2 Å². The van der Waals surface area contributed by atoms with Gasteiger partial charge in [0.05, 0.1) is 0 Å². The molecule has 4 nitrogen and oxygen atoms in total. The summed E-state index contributed by atoms with van der Waals surface area (Å²) in [6, 6.07) is 7.64. The summed E-state index contributed by atoms with van der Waals surface area (Å²) in [7, 11) is 0. The number of amides is 2. The van der Waals surface area contributed by atoms with Gasteiger partial charge < -0.3 is 10.2 Å². The SMILES string of the molecule is CCCC(=O)N(Cc1ccccc1C)[C@@H](C)C(=O)N[C@@H](C)CC. The number of aryl methyl sites for hydroxylation is 1. The fraction of sp³-hybridized carbons (Fsp3) is 0.579. The topological polar surface area (TPSA) is 49.4 Å². The maximum Gasteiger partial charge on any atom is 0.242 e. The van der Waals surface area contributed by atoms with Crippen molar-refractivity contribution in [2.75, 3.05) is 0 Å². The molecule has 0 bridgehead atoms. The molecule has 0 spiro atoms. The molecule has 4 heteroatoms. The standard InChI is InChI=1S/C19H30N2O2/c1-6-10-18(22)21(13-17-12-9-8-11-14(17)3)16(5)19(23)20-15(4)7-2/h8-9,11-12,15-16H,6-7,10,13H2,1-5H3,(H,20,23)/t15-,16-/m0/s1. The Morgan fingerprint density at radius 1 is 1.17 bits per heavy atom. The first-order valence-corrected chi connectivity index (χ1v) is 8.55. The van der Waals surface area contributed by atoms with Crippen LogP contribution in [0.2, 0.25) is 0 Å². The Morgan fingerprint density at radius 2 is 1.83 bits per heavy atom. The number of carbonyl (C=O) groups excluding carboxylic acids is 2. The molecule has 0 saturated heterocycles. The zero-order valence-electron chi connectivity index (χ0n) is 15.1. The van der Waals surface area contributed by atoms with Gasteiger partial charge in [0.1, 0.15) is 6.04 Å². The third kappa shape index (κ3) is 5.70. The maximum atomic E-state index is 12.5. The van der Waals surface area contributed by atoms with Crippen molar-refractivity contribution in [3.8, 4) is 0 Å². The molecular weight excluding hydrogens is 288 g/mol. The van der Waals surface area contributed by atoms with Gasteiger partial charge in [0.15, 0.2) is 0 Å². The molecule has 0 fully saturated rings. The first-order valence-electron chi connectivity index (χ1n) is 8.55. The van der Waals surface area contributed by atoms with Gasteiger partial charge in [0.25, 0.3) is 0 Å². The average Bonchev–Trinajstić information content (AvgIpc) is 2.53. The Labute approximate surface area is 140 Å². The zero-order valence-corrected chi connectivity index (χ0v) is 15.1. The minimum atomic E-state index is -0.470. The fourth-order valence-corrected chi connectivity index (χ4v) is 2.38. The maximum absolute atomic E-state index is 12.5. The van der Waals surface area contributed by atoms with Crippen molar-refractivity contribution in [3.05, 3.63) is 35.4 Å². The summed E-state index contributed by atoms with van der Waals surface area (Å²) < 4.78 is 0. The van der Waals surface area contributed by atoms with Crippen LogP contribution in [0.15, 0.2) is 24.3 Å². The molecule has 0 aromatic heterocycles. The number of rotatable bonds is 8. The molecule has 23 heavy (non-hydrogen) atoms. The third-order valence-electron chi connectivity index (χ3n) is 4.23. The highest BCUT2D eigenvalue weighted by atomic mass is 16.2. The first-order chi connectivity index (χ1) is 10.9. The van der Waals surface area contributed by atoms with E-state index in [1.54, 1.807) is 4.90 Å². The van der Waals surface area contributed by atoms with Crippen molar-refractivity contribution in [2.45, 2.75) is 72.5 Å². The van der Waals surface area contributed by atoms with Crippen LogP contribution in [0.1, 0.15) is 58.1 Å². The highest BCUT2D eigenvalue weighted by Crippen LogP contribution is 2.15. The van der Waals surface area contributed by atoms with E-state index in [1.165, 1.54) is 0 Å². The first kappa shape index (κ1) is 19.2. The van der Waals surface area contributed by atoms with Crippen molar-refractivity contribution in [1.29, 1.82) is 0 Å². The van der Waals surface area contributed by atoms with E-state index in [4.69, 9.17) is 0 Å². The van der Waals surface area contributed by atoms with Crippen molar-refractivity contribution < 1.29 is 9.59 Å². The second kappa shape index (κ2) is 9.33. The minimum Gasteiger partial charge on any atom is -0.352 e. The quantitative estimate of drug-likeness (QED) is 0.798. The van der Waals surface area contributed by atoms with Gasteiger partial charge in [-0.15, -0.1) is 0 Å². The molecular formula is C19H30N2O2. The molecule has 128 valence electrons. The Bertz CT molecular complexity index is 528. The Hall–Kier alpha value is -1.84. The molecule has 0 aliphatic rings. The number of hydrogen-bond donors (Lipinski definition) is 1. The van der Waals surface area contributed by atoms with Gasteiger partial charge >= 0.3 is 0 Å². The van der Waals surface area contributed by atoms with E-state index >= 15 is 0 Å². The van der Waals surface area contributed by atoms with Gasteiger partial charge in [-0.2, -0.15) is 0 Å². The van der Waals surface area contributed by atoms with Crippen LogP contribution in [-0.2, 0) is 16.1 Å². The monoisotopic (exact) mass is 318 g/mol. The van der Waals surface area contributed by atoms with Crippen LogP contribution in [0.25, 0.3) is 0 Å². The fourth-order valence-electron chi connectivity index (χ4n) is 2.38. The van der Waals surface area contributed by atoms with Crippen LogP contribution in [0, 0.1) is 6.92 Å². The lowest BCUT2D eigenvalue weighted by Gasteiger charge is -2.30. The molecule has 1 N–H and O–H groups in total. The summed E-state index contributed by atoms with van der Waals surface area (Å²) in [5.74, 6) is -0.0556. The molecule has 0 saturated carbocycles. The molecule has 0 heterocycles. The minimum absolute atomic E-state index is 0.0301. The van der Waals surface area contributed by atoms with Gasteiger partial charge in [-0.25, -0.2) is 0 Å². The van der Waals surface area contributed by atoms with Crippen LogP contribution in [0.3, 0.4) is 0 Å². The second-order valence-electron chi connectivity index (χ2n) is 6.19. The van der Waals surface area contributed by atoms with E-state index in [1.807, 2.05) is 58.9 Å². The van der Waals surface area contributed by atoms with E-state index in [0.717, 1.165) is 24.0 Å². The largest absolute Gasteiger partial charge is 0.352 e. The highest BCUT2D eigenvalue weighted by molar-refractivity contribution is 5.87. The summed E-state index contributed by atoms with van der Waals surface area (Å²) >= 11 is 0. The summed E-state index contributed by atoms with van der Waals surface area (Å²) in [6.07, 6.45) is 2.12. The van der Waals surface area contributed by atoms with E-state index in [9.17, 15) is 9.59 Å². The Morgan fingerprint density at radius 3 is 2.39 bits per heavy atom. The number of carbonyl (C=O) groups is 2. The average molecular weight is 318 g/mol. The van der Waals surface area contributed by atoms with Gasteiger partial charge in [-0.3, -0.25) is 9.59 Å². The molecule has 2 atom stereocenters. The van der Waals surface area contributed by atoms with Gasteiger partial charge in [0.2, 0.25) is 11.8 Å². The molecule has 0 unspecified atom stereocenters. The zero-order chi connectivity index (χ0) is 17.4. The Balaban J connectivity index is 2.94. The number of benzene rings is 1. The summed E-state index contributed by atoms with van der Waals surface area (Å²) in [4.78, 5) is 26.6. The van der Waals surface area contributed by atoms with Crippen LogP contribution in [0.4, 0.5) is 0 Å². The molecule has 1 rings (SSSR count). The number of nitrogens with zero attached hydrogens (tertiary/aromatic N) is 1. The molecule has 1 aromatic carbocycles. The molecule has 2 amide bonds. The van der Waals surface area contributed by atoms with Crippen LogP contribution < -0.4 is 5.32 Å². The lowest BCUT2D eigenvalue weighted by atomic mass is 10.1. The highest BCUT2D eigenvalue weighted by Gasteiger charge is 2.26. The molecule has 0 radical (unpaired) electrons. The number of nitrogens with one attached hydrogen (secondary N) is 1. The molecule has 0 aliphatic carbocycles. The third-order valence-corrected chi connectivity index (χ3v) is 4.23. The lowest BCUT2D eigenvalue weighted by molar-refractivity contribution is -0.140. The predicted octanol–water partition coefficient (Wildman–Crippen LogP) is 3.43. The molecule has 1 aromatic rings. The van der Waals surface area contributed by atoms with Crippen molar-refractivity contribution >= 4 is 11.8 Å². The predicted molar refractivity (Wildman–Crippen MR) is 94.0 cm³/mol. The molecule has 0 aliphatic heterocycles. The van der Waals surface area contributed by atoms with E-state index < -0.39 is 6.04 Å². The normalized spacial score (nSPS) is 13.3. The summed E-state index contributed by atoms with van der Waals surface area (Å²) in [6.45, 7) is 10.3. The Kier molecular flexibility index (Phi) is 7.79. The van der Waals surface area contributed by atoms with Crippen LogP contribution in [-0.4, -0.2) is 28.8 Å². The smallest absolute Gasteiger partial charge is 0.242 e. The number of hydrogen-bond acceptors (Lipinski definition) is 2. The van der Waals surface area contributed by atoms with Crippen molar-refractivity contribution in [3.63, 3.8) is 0 Å². The van der Waals surface area contributed by atoms with E-state index in [0.29, 0.717) is 13.0 Å². The van der Waals surface area contributed by atoms with E-state index in [-0.39, 0.29) is 17.9 Å². The van der Waals surface area contributed by atoms with Crippen LogP contribution >= 0.6 is 0 Å². The lowest BCUT2D eigenvalue weighted by Crippen LogP contribution is -2.49. The van der Waals surface area contributed by atoms with Crippen LogP contribution in [0.5, 0.6) is 0 Å². The van der Waals surface area contributed by atoms with Gasteiger partial charge in [-0.05, 0) is 44.7 Å². The summed E-state index contributed by atoms with van der Waals surface area (Å²) in [5.41, 5.74) is 2.22. The van der Waals surface area contributed by atoms with Crippen molar-refractivity contribution in [2.24, 2.45) is 0 Å². The van der Waals surface area contributed by atoms with Gasteiger partial charge in [-0.1, -0.05) is 38.1 Å². The van der Waals surface area contributed by atoms with E-state index in [2.05, 4.69) is 5.32 Å².